The monoisotopic (exact) mass is 400 g/mol. The van der Waals surface area contributed by atoms with E-state index in [1.165, 1.54) is 11.3 Å². The van der Waals surface area contributed by atoms with E-state index in [0.717, 1.165) is 3.79 Å². The molecule has 2 aromatic rings. The molecule has 0 saturated carbocycles. The van der Waals surface area contributed by atoms with Crippen molar-refractivity contribution in [1.29, 1.82) is 0 Å². The van der Waals surface area contributed by atoms with E-state index in [4.69, 9.17) is 14.2 Å². The van der Waals surface area contributed by atoms with Crippen molar-refractivity contribution < 1.29 is 23.8 Å². The summed E-state index contributed by atoms with van der Waals surface area (Å²) in [5.41, 5.74) is 0. The summed E-state index contributed by atoms with van der Waals surface area (Å²) in [5.74, 6) is 0.0752. The van der Waals surface area contributed by atoms with Crippen LogP contribution in [0.15, 0.2) is 34.2 Å². The first-order valence-corrected chi connectivity index (χ1v) is 8.01. The lowest BCUT2D eigenvalue weighted by atomic mass is 10.3. The van der Waals surface area contributed by atoms with Gasteiger partial charge in [0.1, 0.15) is 11.5 Å². The van der Waals surface area contributed by atoms with E-state index in [0.29, 0.717) is 16.6 Å². The number of nitrogens with one attached hydrogen (secondary N) is 1. The third-order valence-corrected chi connectivity index (χ3v) is 3.90. The van der Waals surface area contributed by atoms with Crippen molar-refractivity contribution in [3.63, 3.8) is 0 Å². The second kappa shape index (κ2) is 8.49. The molecule has 9 heteroatoms. The number of carbonyl (C=O) groups is 2. The number of amides is 1. The molecule has 0 aliphatic heterocycles. The molecule has 1 aromatic carbocycles. The van der Waals surface area contributed by atoms with E-state index < -0.39 is 18.5 Å². The lowest BCUT2D eigenvalue weighted by Gasteiger charge is -2.07. The van der Waals surface area contributed by atoms with Gasteiger partial charge in [-0.1, -0.05) is 11.3 Å². The molecule has 1 N–H and O–H groups in total. The van der Waals surface area contributed by atoms with Gasteiger partial charge < -0.3 is 14.2 Å². The number of ether oxygens (including phenoxy) is 3. The highest BCUT2D eigenvalue weighted by Crippen LogP contribution is 2.22. The zero-order chi connectivity index (χ0) is 16.7. The number of halogens is 1. The van der Waals surface area contributed by atoms with E-state index in [1.807, 2.05) is 0 Å². The van der Waals surface area contributed by atoms with Crippen LogP contribution < -0.4 is 14.8 Å². The van der Waals surface area contributed by atoms with Crippen LogP contribution in [0.2, 0.25) is 0 Å². The smallest absolute Gasteiger partial charge is 0.344 e. The summed E-state index contributed by atoms with van der Waals surface area (Å²) in [6.45, 7) is -0.690. The number of nitrogens with zero attached hydrogens (tertiary/aromatic N) is 1. The standard InChI is InChI=1S/C14H13BrN2O5S/c1-20-9-2-4-10(5-3-9)21-8-13(19)22-7-12(18)17-14-16-6-11(15)23-14/h2-6H,7-8H2,1H3,(H,16,17,18). The van der Waals surface area contributed by atoms with Crippen LogP contribution in [0.4, 0.5) is 5.13 Å². The largest absolute Gasteiger partial charge is 0.497 e. The van der Waals surface area contributed by atoms with Gasteiger partial charge in [-0.2, -0.15) is 0 Å². The normalized spacial score (nSPS) is 10.0. The van der Waals surface area contributed by atoms with Crippen molar-refractivity contribution in [2.45, 2.75) is 0 Å². The minimum Gasteiger partial charge on any atom is -0.497 e. The summed E-state index contributed by atoms with van der Waals surface area (Å²) >= 11 is 4.49. The number of esters is 1. The molecule has 2 rings (SSSR count). The summed E-state index contributed by atoms with van der Waals surface area (Å²) in [5, 5.41) is 2.93. The third-order valence-electron chi connectivity index (χ3n) is 2.50. The average Bonchev–Trinajstić information content (AvgIpc) is 2.96. The first-order chi connectivity index (χ1) is 11.1. The maximum absolute atomic E-state index is 11.6. The van der Waals surface area contributed by atoms with Crippen LogP contribution in [0, 0.1) is 0 Å². The summed E-state index contributed by atoms with van der Waals surface area (Å²) in [7, 11) is 1.56. The fraction of sp³-hybridized carbons (Fsp3) is 0.214. The highest BCUT2D eigenvalue weighted by Gasteiger charge is 2.10. The topological polar surface area (TPSA) is 86.8 Å². The number of anilines is 1. The molecule has 7 nitrogen and oxygen atoms in total. The summed E-state index contributed by atoms with van der Waals surface area (Å²) in [6.07, 6.45) is 1.56. The highest BCUT2D eigenvalue weighted by molar-refractivity contribution is 9.11. The Hall–Kier alpha value is -2.13. The van der Waals surface area contributed by atoms with E-state index in [2.05, 4.69) is 26.2 Å². The number of methoxy groups -OCH3 is 1. The fourth-order valence-corrected chi connectivity index (χ4v) is 2.59. The molecule has 0 atom stereocenters. The molecule has 1 amide bonds. The molecule has 0 unspecified atom stereocenters. The van der Waals surface area contributed by atoms with Crippen molar-refractivity contribution in [3.05, 3.63) is 34.2 Å². The fourth-order valence-electron chi connectivity index (χ4n) is 1.47. The molecule has 0 bridgehead atoms. The van der Waals surface area contributed by atoms with E-state index in [9.17, 15) is 9.59 Å². The van der Waals surface area contributed by atoms with E-state index in [1.54, 1.807) is 37.6 Å². The number of thiazole rings is 1. The van der Waals surface area contributed by atoms with Crippen LogP contribution >= 0.6 is 27.3 Å². The number of rotatable bonds is 7. The molecular formula is C14H13BrN2O5S. The lowest BCUT2D eigenvalue weighted by Crippen LogP contribution is -2.23. The molecule has 0 spiro atoms. The Bertz CT molecular complexity index is 674. The molecule has 0 aliphatic rings. The summed E-state index contributed by atoms with van der Waals surface area (Å²) < 4.78 is 15.9. The van der Waals surface area contributed by atoms with Crippen LogP contribution in [0.1, 0.15) is 0 Å². The van der Waals surface area contributed by atoms with Gasteiger partial charge in [0, 0.05) is 0 Å². The summed E-state index contributed by atoms with van der Waals surface area (Å²) in [6, 6.07) is 6.75. The minimum atomic E-state index is -0.642. The van der Waals surface area contributed by atoms with E-state index >= 15 is 0 Å². The van der Waals surface area contributed by atoms with Crippen molar-refractivity contribution in [2.75, 3.05) is 25.6 Å². The van der Waals surface area contributed by atoms with Gasteiger partial charge in [-0.05, 0) is 40.2 Å². The number of aromatic nitrogens is 1. The Morgan fingerprint density at radius 1 is 1.22 bits per heavy atom. The first kappa shape index (κ1) is 17.2. The molecule has 1 heterocycles. The molecule has 1 aromatic heterocycles. The Morgan fingerprint density at radius 3 is 2.52 bits per heavy atom. The first-order valence-electron chi connectivity index (χ1n) is 6.40. The third kappa shape index (κ3) is 5.87. The molecular weight excluding hydrogens is 388 g/mol. The van der Waals surface area contributed by atoms with Crippen LogP contribution in [-0.2, 0) is 14.3 Å². The average molecular weight is 401 g/mol. The molecule has 0 radical (unpaired) electrons. The molecule has 0 fully saturated rings. The molecule has 0 saturated heterocycles. The maximum Gasteiger partial charge on any atom is 0.344 e. The molecule has 0 aliphatic carbocycles. The van der Waals surface area contributed by atoms with Gasteiger partial charge in [-0.15, -0.1) is 0 Å². The van der Waals surface area contributed by atoms with Gasteiger partial charge in [0.2, 0.25) is 0 Å². The van der Waals surface area contributed by atoms with Gasteiger partial charge in [-0.3, -0.25) is 10.1 Å². The minimum absolute atomic E-state index is 0.289. The van der Waals surface area contributed by atoms with Gasteiger partial charge in [0.15, 0.2) is 18.3 Å². The van der Waals surface area contributed by atoms with Crippen molar-refractivity contribution in [3.8, 4) is 11.5 Å². The van der Waals surface area contributed by atoms with Gasteiger partial charge in [0.05, 0.1) is 17.1 Å². The second-order valence-electron chi connectivity index (χ2n) is 4.14. The SMILES string of the molecule is COc1ccc(OCC(=O)OCC(=O)Nc2ncc(Br)s2)cc1. The number of hydrogen-bond donors (Lipinski definition) is 1. The number of hydrogen-bond acceptors (Lipinski definition) is 7. The molecule has 23 heavy (non-hydrogen) atoms. The van der Waals surface area contributed by atoms with Crippen LogP contribution in [0.5, 0.6) is 11.5 Å². The van der Waals surface area contributed by atoms with Crippen LogP contribution in [0.3, 0.4) is 0 Å². The van der Waals surface area contributed by atoms with Crippen molar-refractivity contribution in [1.82, 2.24) is 4.98 Å². The molecule has 122 valence electrons. The predicted molar refractivity (Wildman–Crippen MR) is 87.9 cm³/mol. The van der Waals surface area contributed by atoms with Crippen LogP contribution in [0.25, 0.3) is 0 Å². The Morgan fingerprint density at radius 2 is 1.91 bits per heavy atom. The Kier molecular flexibility index (Phi) is 6.36. The van der Waals surface area contributed by atoms with Crippen LogP contribution in [-0.4, -0.2) is 37.2 Å². The number of carbonyl (C=O) groups excluding carboxylic acids is 2. The number of benzene rings is 1. The van der Waals surface area contributed by atoms with Gasteiger partial charge >= 0.3 is 5.97 Å². The van der Waals surface area contributed by atoms with Gasteiger partial charge in [-0.25, -0.2) is 9.78 Å². The van der Waals surface area contributed by atoms with E-state index in [-0.39, 0.29) is 6.61 Å². The zero-order valence-corrected chi connectivity index (χ0v) is 14.5. The maximum atomic E-state index is 11.6. The quantitative estimate of drug-likeness (QED) is 0.718. The van der Waals surface area contributed by atoms with Gasteiger partial charge in [0.25, 0.3) is 5.91 Å². The highest BCUT2D eigenvalue weighted by atomic mass is 79.9. The summed E-state index contributed by atoms with van der Waals surface area (Å²) in [4.78, 5) is 27.0. The predicted octanol–water partition coefficient (Wildman–Crippen LogP) is 2.47. The lowest BCUT2D eigenvalue weighted by molar-refractivity contribution is -0.149. The van der Waals surface area contributed by atoms with Crippen molar-refractivity contribution >= 4 is 44.3 Å². The zero-order valence-electron chi connectivity index (χ0n) is 12.1. The Labute approximate surface area is 144 Å². The van der Waals surface area contributed by atoms with Crippen molar-refractivity contribution in [2.24, 2.45) is 0 Å². The Balaban J connectivity index is 1.68. The second-order valence-corrected chi connectivity index (χ2v) is 6.55.